The van der Waals surface area contributed by atoms with Gasteiger partial charge in [0.1, 0.15) is 0 Å². The first kappa shape index (κ1) is 16.7. The van der Waals surface area contributed by atoms with Crippen LogP contribution in [0.25, 0.3) is 6.08 Å². The van der Waals surface area contributed by atoms with E-state index >= 15 is 0 Å². The van der Waals surface area contributed by atoms with Gasteiger partial charge in [-0.3, -0.25) is 9.47 Å². The van der Waals surface area contributed by atoms with Crippen LogP contribution < -0.4 is 5.69 Å². The molecule has 2 atom stereocenters. The second-order valence-corrected chi connectivity index (χ2v) is 6.01. The highest BCUT2D eigenvalue weighted by Crippen LogP contribution is 2.31. The van der Waals surface area contributed by atoms with Gasteiger partial charge in [-0.2, -0.15) is 5.10 Å². The molecule has 3 rings (SSSR count). The molecule has 0 unspecified atom stereocenters. The molecule has 0 bridgehead atoms. The molecule has 1 N–H and O–H groups in total. The summed E-state index contributed by atoms with van der Waals surface area (Å²) in [6, 6.07) is 10.3. The smallest absolute Gasteiger partial charge is 0.343 e. The normalized spacial score (nSPS) is 21.8. The second kappa shape index (κ2) is 7.59. The van der Waals surface area contributed by atoms with Gasteiger partial charge < -0.3 is 4.74 Å². The van der Waals surface area contributed by atoms with E-state index in [0.717, 1.165) is 25.3 Å². The Bertz CT molecular complexity index is 735. The van der Waals surface area contributed by atoms with Crippen molar-refractivity contribution in [2.45, 2.75) is 32.0 Å². The van der Waals surface area contributed by atoms with E-state index < -0.39 is 0 Å². The van der Waals surface area contributed by atoms with Crippen LogP contribution in [0.3, 0.4) is 0 Å². The Labute approximate surface area is 141 Å². The molecule has 1 saturated heterocycles. The minimum Gasteiger partial charge on any atom is -0.380 e. The quantitative estimate of drug-likeness (QED) is 0.882. The predicted octanol–water partition coefficient (Wildman–Crippen LogP) is 2.07. The van der Waals surface area contributed by atoms with Crippen LogP contribution in [0.15, 0.2) is 41.2 Å². The molecule has 1 fully saturated rings. The number of rotatable bonds is 6. The van der Waals surface area contributed by atoms with Gasteiger partial charge in [0.25, 0.3) is 0 Å². The first-order valence-corrected chi connectivity index (χ1v) is 8.36. The first-order chi connectivity index (χ1) is 11.7. The van der Waals surface area contributed by atoms with Crippen molar-refractivity contribution in [2.24, 2.45) is 0 Å². The highest BCUT2D eigenvalue weighted by atomic mass is 16.5. The molecule has 0 amide bonds. The lowest BCUT2D eigenvalue weighted by molar-refractivity contribution is 0.109. The standard InChI is InChI=1S/C18H24N4O2/c1-3-22-17(19-20-18(22)23)16-12-15(24-2)13-21(16)11-7-10-14-8-5-4-6-9-14/h4-10,15-16H,3,11-13H2,1-2H3,(H,20,23)/b10-7+/t15-,16-/m0/s1. The van der Waals surface area contributed by atoms with E-state index in [1.54, 1.807) is 11.7 Å². The van der Waals surface area contributed by atoms with Crippen LogP contribution in [0.4, 0.5) is 0 Å². The molecule has 1 aliphatic heterocycles. The van der Waals surface area contributed by atoms with Crippen molar-refractivity contribution >= 4 is 6.08 Å². The molecule has 0 saturated carbocycles. The summed E-state index contributed by atoms with van der Waals surface area (Å²) in [7, 11) is 1.74. The van der Waals surface area contributed by atoms with Gasteiger partial charge in [0.2, 0.25) is 0 Å². The van der Waals surface area contributed by atoms with Crippen LogP contribution in [0.2, 0.25) is 0 Å². The summed E-state index contributed by atoms with van der Waals surface area (Å²) >= 11 is 0. The number of H-pyrrole nitrogens is 1. The molecule has 1 aromatic heterocycles. The van der Waals surface area contributed by atoms with Gasteiger partial charge in [-0.25, -0.2) is 9.89 Å². The van der Waals surface area contributed by atoms with Crippen LogP contribution in [0.5, 0.6) is 0 Å². The number of likely N-dealkylation sites (tertiary alicyclic amines) is 1. The Morgan fingerprint density at radius 2 is 2.17 bits per heavy atom. The maximum Gasteiger partial charge on any atom is 0.343 e. The van der Waals surface area contributed by atoms with Crippen molar-refractivity contribution in [1.29, 1.82) is 0 Å². The summed E-state index contributed by atoms with van der Waals surface area (Å²) in [4.78, 5) is 14.2. The summed E-state index contributed by atoms with van der Waals surface area (Å²) in [5.74, 6) is 0.801. The number of benzene rings is 1. The maximum absolute atomic E-state index is 11.9. The molecule has 0 radical (unpaired) electrons. The van der Waals surface area contributed by atoms with Crippen LogP contribution in [-0.4, -0.2) is 46.0 Å². The Hall–Kier alpha value is -2.18. The number of ether oxygens (including phenoxy) is 1. The van der Waals surface area contributed by atoms with E-state index in [9.17, 15) is 4.79 Å². The third-order valence-corrected chi connectivity index (χ3v) is 4.55. The first-order valence-electron chi connectivity index (χ1n) is 8.36. The van der Waals surface area contributed by atoms with Gasteiger partial charge in [0.15, 0.2) is 5.82 Å². The van der Waals surface area contributed by atoms with Crippen molar-refractivity contribution in [3.63, 3.8) is 0 Å². The Kier molecular flexibility index (Phi) is 5.27. The van der Waals surface area contributed by atoms with Gasteiger partial charge in [0.05, 0.1) is 12.1 Å². The third kappa shape index (κ3) is 3.49. The van der Waals surface area contributed by atoms with Crippen molar-refractivity contribution in [2.75, 3.05) is 20.2 Å². The molecular formula is C18H24N4O2. The zero-order chi connectivity index (χ0) is 16.9. The van der Waals surface area contributed by atoms with Crippen LogP contribution in [0.1, 0.15) is 30.8 Å². The molecule has 0 spiro atoms. The predicted molar refractivity (Wildman–Crippen MR) is 93.7 cm³/mol. The minimum atomic E-state index is -0.145. The maximum atomic E-state index is 11.9. The van der Waals surface area contributed by atoms with E-state index in [2.05, 4.69) is 39.4 Å². The number of methoxy groups -OCH3 is 1. The average Bonchev–Trinajstić information content (AvgIpc) is 3.18. The SMILES string of the molecule is CCn1c([C@@H]2C[C@H](OC)CN2C/C=C/c2ccccc2)n[nH]c1=O. The van der Waals surface area contributed by atoms with Crippen molar-refractivity contribution < 1.29 is 4.74 Å². The summed E-state index contributed by atoms with van der Waals surface area (Å²) in [6.07, 6.45) is 5.29. The van der Waals surface area contributed by atoms with E-state index in [4.69, 9.17) is 4.74 Å². The summed E-state index contributed by atoms with van der Waals surface area (Å²) < 4.78 is 7.25. The van der Waals surface area contributed by atoms with Crippen molar-refractivity contribution in [1.82, 2.24) is 19.7 Å². The van der Waals surface area contributed by atoms with Crippen molar-refractivity contribution in [3.8, 4) is 0 Å². The van der Waals surface area contributed by atoms with Gasteiger partial charge in [-0.15, -0.1) is 0 Å². The average molecular weight is 328 g/mol. The summed E-state index contributed by atoms with van der Waals surface area (Å²) in [5, 5.41) is 6.83. The minimum absolute atomic E-state index is 0.0919. The molecule has 24 heavy (non-hydrogen) atoms. The van der Waals surface area contributed by atoms with E-state index in [-0.39, 0.29) is 17.8 Å². The van der Waals surface area contributed by atoms with E-state index in [1.165, 1.54) is 5.56 Å². The Morgan fingerprint density at radius 1 is 1.38 bits per heavy atom. The third-order valence-electron chi connectivity index (χ3n) is 4.55. The molecule has 6 heteroatoms. The summed E-state index contributed by atoms with van der Waals surface area (Å²) in [5.41, 5.74) is 1.04. The van der Waals surface area contributed by atoms with Crippen molar-refractivity contribution in [3.05, 3.63) is 58.3 Å². The monoisotopic (exact) mass is 328 g/mol. The number of hydrogen-bond donors (Lipinski definition) is 1. The molecule has 128 valence electrons. The van der Waals surface area contributed by atoms with Gasteiger partial charge in [-0.05, 0) is 18.9 Å². The lowest BCUT2D eigenvalue weighted by Crippen LogP contribution is -2.28. The highest BCUT2D eigenvalue weighted by molar-refractivity contribution is 5.48. The molecule has 0 aliphatic carbocycles. The molecule has 6 nitrogen and oxygen atoms in total. The molecule has 1 aromatic carbocycles. The summed E-state index contributed by atoms with van der Waals surface area (Å²) in [6.45, 7) is 4.21. The Morgan fingerprint density at radius 3 is 2.88 bits per heavy atom. The Balaban J connectivity index is 1.76. The largest absolute Gasteiger partial charge is 0.380 e. The molecule has 2 aromatic rings. The lowest BCUT2D eigenvalue weighted by Gasteiger charge is -2.21. The van der Waals surface area contributed by atoms with E-state index in [1.807, 2.05) is 25.1 Å². The second-order valence-electron chi connectivity index (χ2n) is 6.01. The molecule has 2 heterocycles. The number of hydrogen-bond acceptors (Lipinski definition) is 4. The van der Waals surface area contributed by atoms with Gasteiger partial charge >= 0.3 is 5.69 Å². The molecule has 1 aliphatic rings. The van der Waals surface area contributed by atoms with Crippen LogP contribution in [-0.2, 0) is 11.3 Å². The topological polar surface area (TPSA) is 63.1 Å². The number of nitrogens with one attached hydrogen (secondary N) is 1. The lowest BCUT2D eigenvalue weighted by atomic mass is 10.1. The fourth-order valence-corrected chi connectivity index (χ4v) is 3.28. The zero-order valence-corrected chi connectivity index (χ0v) is 14.2. The van der Waals surface area contributed by atoms with Crippen LogP contribution in [0, 0.1) is 0 Å². The number of nitrogens with zero attached hydrogens (tertiary/aromatic N) is 3. The molecular weight excluding hydrogens is 304 g/mol. The fourth-order valence-electron chi connectivity index (χ4n) is 3.28. The number of aromatic amines is 1. The fraction of sp³-hybridized carbons (Fsp3) is 0.444. The number of aromatic nitrogens is 3. The van der Waals surface area contributed by atoms with Gasteiger partial charge in [-0.1, -0.05) is 42.5 Å². The van der Waals surface area contributed by atoms with Gasteiger partial charge in [0, 0.05) is 26.7 Å². The highest BCUT2D eigenvalue weighted by Gasteiger charge is 2.35. The van der Waals surface area contributed by atoms with E-state index in [0.29, 0.717) is 6.54 Å². The van der Waals surface area contributed by atoms with Crippen LogP contribution >= 0.6 is 0 Å². The zero-order valence-electron chi connectivity index (χ0n) is 14.2.